The van der Waals surface area contributed by atoms with Crippen molar-refractivity contribution in [1.29, 1.82) is 0 Å². The zero-order valence-electron chi connectivity index (χ0n) is 17.1. The highest BCUT2D eigenvalue weighted by Crippen LogP contribution is 2.22. The molecule has 0 fully saturated rings. The number of aromatic nitrogens is 2. The van der Waals surface area contributed by atoms with Gasteiger partial charge in [-0.15, -0.1) is 0 Å². The molecule has 1 heterocycles. The fourth-order valence-electron chi connectivity index (χ4n) is 3.31. The van der Waals surface area contributed by atoms with Crippen molar-refractivity contribution in [3.63, 3.8) is 0 Å². The number of amides is 1. The molecule has 0 aliphatic carbocycles. The molecule has 0 saturated carbocycles. The van der Waals surface area contributed by atoms with Gasteiger partial charge in [0.2, 0.25) is 0 Å². The Morgan fingerprint density at radius 1 is 1.17 bits per heavy atom. The Morgan fingerprint density at radius 3 is 2.50 bits per heavy atom. The van der Waals surface area contributed by atoms with Gasteiger partial charge < -0.3 is 9.64 Å². The van der Waals surface area contributed by atoms with Gasteiger partial charge in [0.1, 0.15) is 11.6 Å². The van der Waals surface area contributed by atoms with Crippen LogP contribution >= 0.6 is 23.2 Å². The molecule has 1 aromatic heterocycles. The summed E-state index contributed by atoms with van der Waals surface area (Å²) in [6.45, 7) is 4.22. The first-order chi connectivity index (χ1) is 14.3. The third kappa shape index (κ3) is 4.77. The monoisotopic (exact) mass is 447 g/mol. The van der Waals surface area contributed by atoms with Crippen LogP contribution in [0.15, 0.2) is 47.3 Å². The van der Waals surface area contributed by atoms with E-state index in [9.17, 15) is 9.59 Å². The number of halogens is 2. The minimum Gasteiger partial charge on any atom is -0.484 e. The van der Waals surface area contributed by atoms with E-state index in [1.54, 1.807) is 54.4 Å². The zero-order valence-corrected chi connectivity index (χ0v) is 18.6. The van der Waals surface area contributed by atoms with Crippen molar-refractivity contribution in [2.24, 2.45) is 7.05 Å². The predicted octanol–water partition coefficient (Wildman–Crippen LogP) is 4.62. The summed E-state index contributed by atoms with van der Waals surface area (Å²) in [6, 6.07) is 11.4. The summed E-state index contributed by atoms with van der Waals surface area (Å²) in [4.78, 5) is 32.0. The second kappa shape index (κ2) is 9.49. The first-order valence-corrected chi connectivity index (χ1v) is 10.4. The molecule has 1 unspecified atom stereocenters. The van der Waals surface area contributed by atoms with Crippen molar-refractivity contribution in [3.05, 3.63) is 68.7 Å². The van der Waals surface area contributed by atoms with Gasteiger partial charge in [0.05, 0.1) is 16.9 Å². The van der Waals surface area contributed by atoms with Crippen LogP contribution in [-0.4, -0.2) is 33.5 Å². The summed E-state index contributed by atoms with van der Waals surface area (Å²) in [5, 5.41) is 1.58. The largest absolute Gasteiger partial charge is 0.484 e. The molecule has 158 valence electrons. The third-order valence-corrected chi connectivity index (χ3v) is 5.36. The maximum atomic E-state index is 12.9. The molecule has 0 spiro atoms. The minimum atomic E-state index is -0.424. The van der Waals surface area contributed by atoms with E-state index in [0.29, 0.717) is 39.1 Å². The van der Waals surface area contributed by atoms with Crippen LogP contribution in [0.25, 0.3) is 10.9 Å². The van der Waals surface area contributed by atoms with Gasteiger partial charge in [0.25, 0.3) is 11.5 Å². The van der Waals surface area contributed by atoms with Gasteiger partial charge in [0, 0.05) is 23.6 Å². The lowest BCUT2D eigenvalue weighted by atomic mass is 10.2. The molecule has 8 heteroatoms. The molecule has 0 aliphatic rings. The molecule has 2 aromatic carbocycles. The number of carbonyl (C=O) groups excluding carboxylic acids is 1. The second-order valence-electron chi connectivity index (χ2n) is 7.00. The van der Waals surface area contributed by atoms with Gasteiger partial charge in [-0.3, -0.25) is 14.2 Å². The van der Waals surface area contributed by atoms with Crippen LogP contribution in [0.4, 0.5) is 0 Å². The Kier molecular flexibility index (Phi) is 7.00. The fraction of sp³-hybridized carbons (Fsp3) is 0.318. The maximum absolute atomic E-state index is 12.9. The molecule has 30 heavy (non-hydrogen) atoms. The number of nitrogens with zero attached hydrogens (tertiary/aromatic N) is 3. The summed E-state index contributed by atoms with van der Waals surface area (Å²) in [5.74, 6) is 0.852. The van der Waals surface area contributed by atoms with Crippen molar-refractivity contribution in [3.8, 4) is 5.75 Å². The molecule has 3 rings (SSSR count). The summed E-state index contributed by atoms with van der Waals surface area (Å²) in [7, 11) is 1.66. The number of hydrogen-bond acceptors (Lipinski definition) is 4. The zero-order chi connectivity index (χ0) is 21.8. The molecule has 3 aromatic rings. The van der Waals surface area contributed by atoms with Crippen molar-refractivity contribution >= 4 is 40.0 Å². The number of benzene rings is 2. The van der Waals surface area contributed by atoms with Crippen molar-refractivity contribution < 1.29 is 9.53 Å². The van der Waals surface area contributed by atoms with E-state index in [2.05, 4.69) is 4.98 Å². The lowest BCUT2D eigenvalue weighted by Gasteiger charge is -2.29. The Labute approximate surface area is 185 Å². The second-order valence-corrected chi connectivity index (χ2v) is 7.87. The number of rotatable bonds is 7. The van der Waals surface area contributed by atoms with E-state index in [1.807, 2.05) is 13.8 Å². The molecule has 0 saturated heterocycles. The molecule has 0 radical (unpaired) electrons. The average molecular weight is 448 g/mol. The Balaban J connectivity index is 1.88. The molecule has 0 N–H and O–H groups in total. The first kappa shape index (κ1) is 22.1. The fourth-order valence-corrected chi connectivity index (χ4v) is 3.60. The maximum Gasteiger partial charge on any atom is 0.261 e. The first-order valence-electron chi connectivity index (χ1n) is 9.65. The third-order valence-electron chi connectivity index (χ3n) is 4.88. The number of hydrogen-bond donors (Lipinski definition) is 0. The van der Waals surface area contributed by atoms with Gasteiger partial charge >= 0.3 is 0 Å². The van der Waals surface area contributed by atoms with Crippen LogP contribution < -0.4 is 10.3 Å². The van der Waals surface area contributed by atoms with Gasteiger partial charge in [-0.25, -0.2) is 4.98 Å². The molecule has 0 bridgehead atoms. The van der Waals surface area contributed by atoms with Crippen LogP contribution in [-0.2, 0) is 11.8 Å². The summed E-state index contributed by atoms with van der Waals surface area (Å²) >= 11 is 12.0. The Bertz CT molecular complexity index is 1110. The van der Waals surface area contributed by atoms with Crippen molar-refractivity contribution in [1.82, 2.24) is 14.5 Å². The Hall–Kier alpha value is -2.57. The Morgan fingerprint density at radius 2 is 1.83 bits per heavy atom. The molecule has 1 amide bonds. The standard InChI is InChI=1S/C22H23Cl2N3O3/c1-4-11-27(20(28)13-30-17-8-5-15(23)6-9-17)14(2)21-25-19-12-16(24)7-10-18(19)22(29)26(21)3/h5-10,12,14H,4,11,13H2,1-3H3. The highest BCUT2D eigenvalue weighted by atomic mass is 35.5. The predicted molar refractivity (Wildman–Crippen MR) is 119 cm³/mol. The summed E-state index contributed by atoms with van der Waals surface area (Å²) in [5.41, 5.74) is 0.327. The average Bonchev–Trinajstić information content (AvgIpc) is 2.73. The van der Waals surface area contributed by atoms with E-state index >= 15 is 0 Å². The van der Waals surface area contributed by atoms with Crippen molar-refractivity contribution in [2.45, 2.75) is 26.3 Å². The smallest absolute Gasteiger partial charge is 0.261 e. The van der Waals surface area contributed by atoms with Crippen molar-refractivity contribution in [2.75, 3.05) is 13.2 Å². The normalized spacial score (nSPS) is 12.0. The lowest BCUT2D eigenvalue weighted by Crippen LogP contribution is -2.40. The SMILES string of the molecule is CCCN(C(=O)COc1ccc(Cl)cc1)C(C)c1nc2cc(Cl)ccc2c(=O)n1C. The van der Waals surface area contributed by atoms with Gasteiger partial charge in [0.15, 0.2) is 6.61 Å². The molecular weight excluding hydrogens is 425 g/mol. The van der Waals surface area contributed by atoms with Crippen LogP contribution in [0.5, 0.6) is 5.75 Å². The topological polar surface area (TPSA) is 64.4 Å². The van der Waals surface area contributed by atoms with Gasteiger partial charge in [-0.1, -0.05) is 30.1 Å². The van der Waals surface area contributed by atoms with Crippen LogP contribution in [0.3, 0.4) is 0 Å². The van der Waals surface area contributed by atoms with E-state index < -0.39 is 6.04 Å². The molecule has 6 nitrogen and oxygen atoms in total. The number of fused-ring (bicyclic) bond motifs is 1. The van der Waals surface area contributed by atoms with E-state index in [1.165, 1.54) is 4.57 Å². The summed E-state index contributed by atoms with van der Waals surface area (Å²) < 4.78 is 7.10. The molecule has 0 aliphatic heterocycles. The van der Waals surface area contributed by atoms with E-state index in [0.717, 1.165) is 6.42 Å². The van der Waals surface area contributed by atoms with E-state index in [-0.39, 0.29) is 18.1 Å². The molecule has 1 atom stereocenters. The lowest BCUT2D eigenvalue weighted by molar-refractivity contribution is -0.135. The molecular formula is C22H23Cl2N3O3. The van der Waals surface area contributed by atoms with Crippen LogP contribution in [0.2, 0.25) is 10.0 Å². The quantitative estimate of drug-likeness (QED) is 0.529. The van der Waals surface area contributed by atoms with Crippen LogP contribution in [0, 0.1) is 0 Å². The minimum absolute atomic E-state index is 0.126. The summed E-state index contributed by atoms with van der Waals surface area (Å²) in [6.07, 6.45) is 0.754. The van der Waals surface area contributed by atoms with Gasteiger partial charge in [-0.05, 0) is 55.8 Å². The van der Waals surface area contributed by atoms with Crippen LogP contribution in [0.1, 0.15) is 32.1 Å². The van der Waals surface area contributed by atoms with E-state index in [4.69, 9.17) is 27.9 Å². The number of ether oxygens (including phenoxy) is 1. The highest BCUT2D eigenvalue weighted by molar-refractivity contribution is 6.31. The number of carbonyl (C=O) groups is 1. The highest BCUT2D eigenvalue weighted by Gasteiger charge is 2.25. The van der Waals surface area contributed by atoms with Gasteiger partial charge in [-0.2, -0.15) is 0 Å².